The van der Waals surface area contributed by atoms with Gasteiger partial charge in [0.15, 0.2) is 0 Å². The minimum absolute atomic E-state index is 0.118. The number of benzene rings is 2. The molecule has 8 heteroatoms. The van der Waals surface area contributed by atoms with Crippen LogP contribution in [0.3, 0.4) is 0 Å². The molecule has 0 aliphatic heterocycles. The van der Waals surface area contributed by atoms with Crippen LogP contribution in [-0.2, 0) is 6.18 Å². The van der Waals surface area contributed by atoms with Crippen LogP contribution in [0.1, 0.15) is 26.3 Å². The van der Waals surface area contributed by atoms with Crippen molar-refractivity contribution in [3.05, 3.63) is 69.7 Å². The first-order valence-corrected chi connectivity index (χ1v) is 8.06. The lowest BCUT2D eigenvalue weighted by Gasteiger charge is -2.09. The molecular formula is C17H14BrF3N2O2. The summed E-state index contributed by atoms with van der Waals surface area (Å²) in [6, 6.07) is 10.7. The van der Waals surface area contributed by atoms with Crippen LogP contribution in [-0.4, -0.2) is 24.9 Å². The van der Waals surface area contributed by atoms with Crippen molar-refractivity contribution in [2.75, 3.05) is 13.1 Å². The summed E-state index contributed by atoms with van der Waals surface area (Å²) in [4.78, 5) is 23.7. The van der Waals surface area contributed by atoms with Gasteiger partial charge >= 0.3 is 6.18 Å². The van der Waals surface area contributed by atoms with Crippen LogP contribution in [0.2, 0.25) is 0 Å². The van der Waals surface area contributed by atoms with E-state index in [0.717, 1.165) is 28.7 Å². The Balaban J connectivity index is 1.78. The number of amides is 2. The molecule has 25 heavy (non-hydrogen) atoms. The second kappa shape index (κ2) is 8.15. The van der Waals surface area contributed by atoms with Crippen molar-refractivity contribution in [2.24, 2.45) is 0 Å². The third-order valence-electron chi connectivity index (χ3n) is 3.28. The van der Waals surface area contributed by atoms with Crippen molar-refractivity contribution in [1.29, 1.82) is 0 Å². The summed E-state index contributed by atoms with van der Waals surface area (Å²) in [5.74, 6) is -0.789. The fourth-order valence-electron chi connectivity index (χ4n) is 1.97. The van der Waals surface area contributed by atoms with E-state index in [4.69, 9.17) is 0 Å². The van der Waals surface area contributed by atoms with Gasteiger partial charge < -0.3 is 10.6 Å². The molecule has 2 amide bonds. The quantitative estimate of drug-likeness (QED) is 0.733. The van der Waals surface area contributed by atoms with Gasteiger partial charge in [-0.15, -0.1) is 0 Å². The van der Waals surface area contributed by atoms with Gasteiger partial charge in [0.05, 0.1) is 5.56 Å². The van der Waals surface area contributed by atoms with E-state index >= 15 is 0 Å². The second-order valence-corrected chi connectivity index (χ2v) is 6.01. The molecular weight excluding hydrogens is 401 g/mol. The monoisotopic (exact) mass is 414 g/mol. The Morgan fingerprint density at radius 2 is 1.20 bits per heavy atom. The van der Waals surface area contributed by atoms with Gasteiger partial charge in [-0.3, -0.25) is 9.59 Å². The van der Waals surface area contributed by atoms with Crippen LogP contribution in [0.5, 0.6) is 0 Å². The Morgan fingerprint density at radius 1 is 0.800 bits per heavy atom. The summed E-state index contributed by atoms with van der Waals surface area (Å²) >= 11 is 3.27. The molecule has 2 N–H and O–H groups in total. The number of carbonyl (C=O) groups excluding carboxylic acids is 2. The standard InChI is InChI=1S/C17H14BrF3N2O2/c18-14-7-3-12(4-8-14)16(25)23-10-9-22-15(24)11-1-5-13(6-2-11)17(19,20)21/h1-8H,9-10H2,(H,22,24)(H,23,25). The molecule has 0 aromatic heterocycles. The molecule has 0 saturated carbocycles. The maximum Gasteiger partial charge on any atom is 0.416 e. The van der Waals surface area contributed by atoms with Gasteiger partial charge in [-0.25, -0.2) is 0 Å². The van der Waals surface area contributed by atoms with Gasteiger partial charge in [0.25, 0.3) is 11.8 Å². The Morgan fingerprint density at radius 3 is 1.60 bits per heavy atom. The highest BCUT2D eigenvalue weighted by Gasteiger charge is 2.30. The van der Waals surface area contributed by atoms with Gasteiger partial charge in [0, 0.05) is 28.7 Å². The normalized spacial score (nSPS) is 11.0. The number of carbonyl (C=O) groups is 2. The zero-order valence-corrected chi connectivity index (χ0v) is 14.4. The zero-order valence-electron chi connectivity index (χ0n) is 12.9. The molecule has 0 atom stereocenters. The molecule has 0 fully saturated rings. The van der Waals surface area contributed by atoms with E-state index in [-0.39, 0.29) is 24.6 Å². The highest BCUT2D eigenvalue weighted by molar-refractivity contribution is 9.10. The SMILES string of the molecule is O=C(NCCNC(=O)c1ccc(C(F)(F)F)cc1)c1ccc(Br)cc1. The first kappa shape index (κ1) is 19.0. The largest absolute Gasteiger partial charge is 0.416 e. The van der Waals surface area contributed by atoms with E-state index in [1.165, 1.54) is 0 Å². The number of rotatable bonds is 5. The molecule has 2 rings (SSSR count). The molecule has 0 saturated heterocycles. The molecule has 4 nitrogen and oxygen atoms in total. The van der Waals surface area contributed by atoms with E-state index in [9.17, 15) is 22.8 Å². The van der Waals surface area contributed by atoms with Crippen molar-refractivity contribution in [1.82, 2.24) is 10.6 Å². The van der Waals surface area contributed by atoms with Gasteiger partial charge in [-0.2, -0.15) is 13.2 Å². The fourth-order valence-corrected chi connectivity index (χ4v) is 2.23. The number of hydrogen-bond donors (Lipinski definition) is 2. The van der Waals surface area contributed by atoms with E-state index in [1.807, 2.05) is 0 Å². The third kappa shape index (κ3) is 5.60. The van der Waals surface area contributed by atoms with E-state index in [2.05, 4.69) is 26.6 Å². The lowest BCUT2D eigenvalue weighted by atomic mass is 10.1. The van der Waals surface area contributed by atoms with Gasteiger partial charge in [-0.05, 0) is 48.5 Å². The van der Waals surface area contributed by atoms with E-state index < -0.39 is 17.6 Å². The topological polar surface area (TPSA) is 58.2 Å². The number of nitrogens with one attached hydrogen (secondary N) is 2. The van der Waals surface area contributed by atoms with E-state index in [0.29, 0.717) is 5.56 Å². The zero-order chi connectivity index (χ0) is 18.4. The van der Waals surface area contributed by atoms with Crippen molar-refractivity contribution < 1.29 is 22.8 Å². The van der Waals surface area contributed by atoms with Crippen LogP contribution >= 0.6 is 15.9 Å². The molecule has 2 aromatic carbocycles. The molecule has 2 aromatic rings. The number of alkyl halides is 3. The van der Waals surface area contributed by atoms with Crippen LogP contribution in [0.25, 0.3) is 0 Å². The van der Waals surface area contributed by atoms with Gasteiger partial charge in [0.2, 0.25) is 0 Å². The highest BCUT2D eigenvalue weighted by Crippen LogP contribution is 2.29. The molecule has 0 heterocycles. The highest BCUT2D eigenvalue weighted by atomic mass is 79.9. The number of hydrogen-bond acceptors (Lipinski definition) is 2. The van der Waals surface area contributed by atoms with Crippen LogP contribution < -0.4 is 10.6 Å². The fraction of sp³-hybridized carbons (Fsp3) is 0.176. The summed E-state index contributed by atoms with van der Waals surface area (Å²) in [6.45, 7) is 0.351. The van der Waals surface area contributed by atoms with Crippen LogP contribution in [0, 0.1) is 0 Å². The second-order valence-electron chi connectivity index (χ2n) is 5.09. The Labute approximate surface area is 150 Å². The predicted octanol–water partition coefficient (Wildman–Crippen LogP) is 3.63. The molecule has 0 aliphatic carbocycles. The lowest BCUT2D eigenvalue weighted by molar-refractivity contribution is -0.137. The molecule has 132 valence electrons. The van der Waals surface area contributed by atoms with Crippen molar-refractivity contribution >= 4 is 27.7 Å². The smallest absolute Gasteiger partial charge is 0.350 e. The average molecular weight is 415 g/mol. The molecule has 0 spiro atoms. The van der Waals surface area contributed by atoms with E-state index in [1.54, 1.807) is 24.3 Å². The summed E-state index contributed by atoms with van der Waals surface area (Å²) in [7, 11) is 0. The maximum atomic E-state index is 12.5. The minimum Gasteiger partial charge on any atom is -0.350 e. The lowest BCUT2D eigenvalue weighted by Crippen LogP contribution is -2.34. The molecule has 0 radical (unpaired) electrons. The first-order chi connectivity index (χ1) is 11.8. The van der Waals surface area contributed by atoms with Crippen LogP contribution in [0.4, 0.5) is 13.2 Å². The van der Waals surface area contributed by atoms with Gasteiger partial charge in [0.1, 0.15) is 0 Å². The minimum atomic E-state index is -4.44. The molecule has 0 bridgehead atoms. The average Bonchev–Trinajstić information content (AvgIpc) is 2.58. The van der Waals surface area contributed by atoms with Gasteiger partial charge in [-0.1, -0.05) is 15.9 Å². The maximum absolute atomic E-state index is 12.5. The van der Waals surface area contributed by atoms with Crippen molar-refractivity contribution in [2.45, 2.75) is 6.18 Å². The Bertz CT molecular complexity index is 744. The summed E-state index contributed by atoms with van der Waals surface area (Å²) in [5.41, 5.74) is -0.213. The Hall–Kier alpha value is -2.35. The predicted molar refractivity (Wildman–Crippen MR) is 90.3 cm³/mol. The molecule has 0 unspecified atom stereocenters. The first-order valence-electron chi connectivity index (χ1n) is 7.26. The third-order valence-corrected chi connectivity index (χ3v) is 3.81. The molecule has 0 aliphatic rings. The summed E-state index contributed by atoms with van der Waals surface area (Å²) in [6.07, 6.45) is -4.44. The van der Waals surface area contributed by atoms with Crippen molar-refractivity contribution in [3.63, 3.8) is 0 Å². The van der Waals surface area contributed by atoms with Crippen LogP contribution in [0.15, 0.2) is 53.0 Å². The number of halogens is 4. The van der Waals surface area contributed by atoms with Crippen molar-refractivity contribution in [3.8, 4) is 0 Å². The summed E-state index contributed by atoms with van der Waals surface area (Å²) in [5, 5.41) is 5.17. The Kier molecular flexibility index (Phi) is 6.19. The summed E-state index contributed by atoms with van der Waals surface area (Å²) < 4.78 is 38.2.